The number of aromatic nitrogens is 2. The van der Waals surface area contributed by atoms with Gasteiger partial charge in [-0.1, -0.05) is 23.2 Å². The van der Waals surface area contributed by atoms with Gasteiger partial charge < -0.3 is 25.4 Å². The fourth-order valence-electron chi connectivity index (χ4n) is 4.30. The number of amides is 2. The van der Waals surface area contributed by atoms with E-state index in [1.165, 1.54) is 6.08 Å². The maximum Gasteiger partial charge on any atom is 0.274 e. The Morgan fingerprint density at radius 2 is 1.87 bits per heavy atom. The molecular weight excluding hydrogens is 529 g/mol. The van der Waals surface area contributed by atoms with Crippen molar-refractivity contribution in [3.8, 4) is 16.9 Å². The quantitative estimate of drug-likeness (QED) is 0.447. The molecule has 1 fully saturated rings. The minimum absolute atomic E-state index is 0.213. The summed E-state index contributed by atoms with van der Waals surface area (Å²) in [6.45, 7) is 2.34. The van der Waals surface area contributed by atoms with Crippen molar-refractivity contribution in [2.75, 3.05) is 38.6 Å². The molecule has 0 radical (unpaired) electrons. The van der Waals surface area contributed by atoms with Crippen molar-refractivity contribution >= 4 is 46.9 Å². The first kappa shape index (κ1) is 26.0. The van der Waals surface area contributed by atoms with E-state index in [1.807, 2.05) is 6.07 Å². The Morgan fingerprint density at radius 1 is 1.08 bits per heavy atom. The number of halogens is 2. The average molecular weight is 554 g/mol. The van der Waals surface area contributed by atoms with Gasteiger partial charge in [-0.25, -0.2) is 9.97 Å². The molecule has 3 N–H and O–H groups in total. The molecule has 1 aromatic carbocycles. The second-order valence-corrected chi connectivity index (χ2v) is 9.76. The third kappa shape index (κ3) is 5.91. The van der Waals surface area contributed by atoms with Crippen molar-refractivity contribution in [3.05, 3.63) is 75.7 Å². The number of nitrogens with zero attached hydrogens (tertiary/aromatic N) is 3. The number of rotatable bonds is 6. The number of pyridine rings is 2. The molecule has 196 valence electrons. The molecule has 11 heteroatoms. The highest BCUT2D eigenvalue weighted by molar-refractivity contribution is 6.34. The molecule has 9 nitrogen and oxygen atoms in total. The molecule has 0 spiro atoms. The van der Waals surface area contributed by atoms with E-state index < -0.39 is 0 Å². The number of hydrogen-bond acceptors (Lipinski definition) is 7. The maximum absolute atomic E-state index is 12.8. The van der Waals surface area contributed by atoms with Crippen LogP contribution in [-0.4, -0.2) is 65.6 Å². The van der Waals surface area contributed by atoms with Gasteiger partial charge in [-0.15, -0.1) is 0 Å². The fraction of sp³-hybridized carbons (Fsp3) is 0.259. The Balaban J connectivity index is 1.22. The summed E-state index contributed by atoms with van der Waals surface area (Å²) in [5, 5.41) is 3.57. The van der Waals surface area contributed by atoms with Gasteiger partial charge in [0.25, 0.3) is 5.91 Å². The summed E-state index contributed by atoms with van der Waals surface area (Å²) >= 11 is 13.0. The highest BCUT2D eigenvalue weighted by Gasteiger charge is 2.27. The Kier molecular flexibility index (Phi) is 7.78. The van der Waals surface area contributed by atoms with Crippen LogP contribution in [0.5, 0.6) is 5.75 Å². The van der Waals surface area contributed by atoms with Crippen LogP contribution in [0.3, 0.4) is 0 Å². The number of morpholine rings is 1. The summed E-state index contributed by atoms with van der Waals surface area (Å²) in [5.74, 6) is 0.550. The van der Waals surface area contributed by atoms with Crippen LogP contribution < -0.4 is 15.8 Å². The molecule has 2 aliphatic heterocycles. The summed E-state index contributed by atoms with van der Waals surface area (Å²) < 4.78 is 11.3. The third-order valence-electron chi connectivity index (χ3n) is 6.27. The van der Waals surface area contributed by atoms with Gasteiger partial charge >= 0.3 is 0 Å². The standard InChI is InChI=1S/C27H25Cl2N5O4/c28-21-12-19(14-33-25(21)27(36)34-5-7-37-8-6-34)17-9-18-10-20(38-26(18)22(29)11-17)15-32-24(35)4-2-16-1-3-23(30)31-13-16/h1-4,9,11-14,20H,5-8,10,15H2,(H2,30,31)(H,32,35). The number of nitrogens with two attached hydrogens (primary N) is 1. The lowest BCUT2D eigenvalue weighted by Gasteiger charge is -2.26. The number of benzene rings is 1. The van der Waals surface area contributed by atoms with Crippen molar-refractivity contribution in [2.24, 2.45) is 0 Å². The molecule has 0 bridgehead atoms. The van der Waals surface area contributed by atoms with Gasteiger partial charge in [-0.05, 0) is 47.5 Å². The van der Waals surface area contributed by atoms with E-state index in [0.29, 0.717) is 55.9 Å². The van der Waals surface area contributed by atoms with Crippen molar-refractivity contribution in [3.63, 3.8) is 0 Å². The molecular formula is C27H25Cl2N5O4. The number of carbonyl (C=O) groups excluding carboxylic acids is 2. The maximum atomic E-state index is 12.8. The molecule has 0 saturated carbocycles. The smallest absolute Gasteiger partial charge is 0.274 e. The number of nitrogen functional groups attached to an aromatic ring is 1. The van der Waals surface area contributed by atoms with E-state index in [2.05, 4.69) is 15.3 Å². The molecule has 3 aromatic rings. The van der Waals surface area contributed by atoms with Crippen LogP contribution in [0.15, 0.2) is 48.8 Å². The summed E-state index contributed by atoms with van der Waals surface area (Å²) in [5.41, 5.74) is 9.01. The second kappa shape index (κ2) is 11.4. The third-order valence-corrected chi connectivity index (χ3v) is 6.84. The van der Waals surface area contributed by atoms with Gasteiger partial charge in [-0.3, -0.25) is 9.59 Å². The topological polar surface area (TPSA) is 120 Å². The molecule has 5 rings (SSSR count). The van der Waals surface area contributed by atoms with E-state index in [0.717, 1.165) is 22.3 Å². The Hall–Kier alpha value is -3.66. The van der Waals surface area contributed by atoms with E-state index in [-0.39, 0.29) is 28.6 Å². The van der Waals surface area contributed by atoms with E-state index in [4.69, 9.17) is 38.4 Å². The second-order valence-electron chi connectivity index (χ2n) is 8.94. The highest BCUT2D eigenvalue weighted by Crippen LogP contribution is 2.40. The van der Waals surface area contributed by atoms with Gasteiger partial charge in [-0.2, -0.15) is 0 Å². The van der Waals surface area contributed by atoms with Crippen LogP contribution in [0.4, 0.5) is 5.82 Å². The summed E-state index contributed by atoms with van der Waals surface area (Å²) in [7, 11) is 0. The van der Waals surface area contributed by atoms with Crippen molar-refractivity contribution in [2.45, 2.75) is 12.5 Å². The van der Waals surface area contributed by atoms with Crippen LogP contribution in [0.2, 0.25) is 10.0 Å². The number of anilines is 1. The largest absolute Gasteiger partial charge is 0.486 e. The van der Waals surface area contributed by atoms with Crippen molar-refractivity contribution in [1.29, 1.82) is 0 Å². The molecule has 0 aliphatic carbocycles. The predicted octanol–water partition coefficient (Wildman–Crippen LogP) is 3.64. The lowest BCUT2D eigenvalue weighted by atomic mass is 10.0. The minimum atomic E-state index is -0.261. The zero-order chi connectivity index (χ0) is 26.6. The van der Waals surface area contributed by atoms with E-state index in [1.54, 1.807) is 47.6 Å². The lowest BCUT2D eigenvalue weighted by Crippen LogP contribution is -2.41. The molecule has 2 aromatic heterocycles. The summed E-state index contributed by atoms with van der Waals surface area (Å²) in [4.78, 5) is 35.1. The van der Waals surface area contributed by atoms with Crippen LogP contribution in [-0.2, 0) is 16.0 Å². The van der Waals surface area contributed by atoms with Crippen molar-refractivity contribution < 1.29 is 19.1 Å². The summed E-state index contributed by atoms with van der Waals surface area (Å²) in [6, 6.07) is 8.91. The number of ether oxygens (including phenoxy) is 2. The SMILES string of the molecule is Nc1ccc(C=CC(=O)NCC2Cc3cc(-c4cnc(C(=O)N5CCOCC5)c(Cl)c4)cc(Cl)c3O2)cn1. The first-order valence-electron chi connectivity index (χ1n) is 12.1. The molecule has 2 amide bonds. The van der Waals surface area contributed by atoms with E-state index >= 15 is 0 Å². The summed E-state index contributed by atoms with van der Waals surface area (Å²) in [6.07, 6.45) is 6.62. The molecule has 1 atom stereocenters. The van der Waals surface area contributed by atoms with Gasteiger partial charge in [0, 0.05) is 49.1 Å². The zero-order valence-corrected chi connectivity index (χ0v) is 21.8. The Labute approximate surface area is 229 Å². The lowest BCUT2D eigenvalue weighted by molar-refractivity contribution is -0.116. The van der Waals surface area contributed by atoms with Crippen LogP contribution in [0.1, 0.15) is 21.6 Å². The number of hydrogen-bond donors (Lipinski definition) is 2. The Bertz CT molecular complexity index is 1390. The van der Waals surface area contributed by atoms with Crippen molar-refractivity contribution in [1.82, 2.24) is 20.2 Å². The molecule has 4 heterocycles. The average Bonchev–Trinajstić information content (AvgIpc) is 3.35. The number of carbonyl (C=O) groups is 2. The normalized spacial score (nSPS) is 16.8. The van der Waals surface area contributed by atoms with E-state index in [9.17, 15) is 9.59 Å². The van der Waals surface area contributed by atoms with Crippen LogP contribution >= 0.6 is 23.2 Å². The fourth-order valence-corrected chi connectivity index (χ4v) is 4.83. The first-order chi connectivity index (χ1) is 18.4. The number of fused-ring (bicyclic) bond motifs is 1. The van der Waals surface area contributed by atoms with Gasteiger partial charge in [0.1, 0.15) is 23.4 Å². The molecule has 1 saturated heterocycles. The van der Waals surface area contributed by atoms with Gasteiger partial charge in [0.15, 0.2) is 0 Å². The first-order valence-corrected chi connectivity index (χ1v) is 12.8. The van der Waals surface area contributed by atoms with Crippen LogP contribution in [0, 0.1) is 0 Å². The Morgan fingerprint density at radius 3 is 2.61 bits per heavy atom. The molecule has 1 unspecified atom stereocenters. The minimum Gasteiger partial charge on any atom is -0.486 e. The predicted molar refractivity (Wildman–Crippen MR) is 145 cm³/mol. The van der Waals surface area contributed by atoms with Gasteiger partial charge in [0.05, 0.1) is 29.8 Å². The van der Waals surface area contributed by atoms with Gasteiger partial charge in [0.2, 0.25) is 5.91 Å². The molecule has 38 heavy (non-hydrogen) atoms. The number of nitrogens with one attached hydrogen (secondary N) is 1. The highest BCUT2D eigenvalue weighted by atomic mass is 35.5. The monoisotopic (exact) mass is 553 g/mol. The molecule has 2 aliphatic rings. The van der Waals surface area contributed by atoms with Crippen LogP contribution in [0.25, 0.3) is 17.2 Å². The zero-order valence-electron chi connectivity index (χ0n) is 20.3.